The van der Waals surface area contributed by atoms with E-state index in [0.29, 0.717) is 19.5 Å². The zero-order valence-electron chi connectivity index (χ0n) is 11.0. The van der Waals surface area contributed by atoms with Crippen LogP contribution in [0, 0.1) is 0 Å². The molecule has 2 N–H and O–H groups in total. The fourth-order valence-corrected chi connectivity index (χ4v) is 3.75. The normalized spacial score (nSPS) is 19.4. The number of carbonyl (C=O) groups excluding carboxylic acids is 1. The van der Waals surface area contributed by atoms with E-state index in [4.69, 9.17) is 0 Å². The molecule has 0 aliphatic carbocycles. The molecule has 5 nitrogen and oxygen atoms in total. The Labute approximate surface area is 130 Å². The lowest BCUT2D eigenvalue weighted by atomic mass is 10.1. The molecule has 1 aromatic rings. The Bertz CT molecular complexity index is 492. The first-order valence-corrected chi connectivity index (χ1v) is 8.26. The van der Waals surface area contributed by atoms with Gasteiger partial charge in [-0.25, -0.2) is 9.59 Å². The molecule has 1 aliphatic rings. The third-order valence-corrected chi connectivity index (χ3v) is 5.32. The summed E-state index contributed by atoms with van der Waals surface area (Å²) in [5.74, 6) is -0.917. The molecule has 1 atom stereocenters. The van der Waals surface area contributed by atoms with Crippen LogP contribution in [-0.4, -0.2) is 34.6 Å². The largest absolute Gasteiger partial charge is 0.480 e. The van der Waals surface area contributed by atoms with Crippen LogP contribution in [-0.2, 0) is 11.3 Å². The van der Waals surface area contributed by atoms with Crippen LogP contribution in [0.25, 0.3) is 0 Å². The average molecular weight is 361 g/mol. The Balaban J connectivity index is 1.98. The van der Waals surface area contributed by atoms with Gasteiger partial charge in [0.15, 0.2) is 0 Å². The van der Waals surface area contributed by atoms with Crippen LogP contribution in [0.4, 0.5) is 4.79 Å². The van der Waals surface area contributed by atoms with Gasteiger partial charge in [-0.1, -0.05) is 12.8 Å². The molecule has 0 saturated carbocycles. The highest BCUT2D eigenvalue weighted by molar-refractivity contribution is 9.10. The van der Waals surface area contributed by atoms with Crippen LogP contribution < -0.4 is 5.32 Å². The van der Waals surface area contributed by atoms with Crippen molar-refractivity contribution in [1.29, 1.82) is 0 Å². The Morgan fingerprint density at radius 3 is 2.90 bits per heavy atom. The van der Waals surface area contributed by atoms with E-state index >= 15 is 0 Å². The molecule has 0 bridgehead atoms. The van der Waals surface area contributed by atoms with Gasteiger partial charge < -0.3 is 15.3 Å². The van der Waals surface area contributed by atoms with Gasteiger partial charge in [-0.15, -0.1) is 11.3 Å². The topological polar surface area (TPSA) is 69.6 Å². The van der Waals surface area contributed by atoms with E-state index in [-0.39, 0.29) is 6.03 Å². The Hall–Kier alpha value is -1.08. The van der Waals surface area contributed by atoms with E-state index in [1.165, 1.54) is 4.90 Å². The molecule has 1 unspecified atom stereocenters. The third kappa shape index (κ3) is 3.73. The molecular weight excluding hydrogens is 344 g/mol. The molecule has 1 fully saturated rings. The summed E-state index contributed by atoms with van der Waals surface area (Å²) in [6.45, 7) is 0.925. The van der Waals surface area contributed by atoms with Crippen molar-refractivity contribution in [3.63, 3.8) is 0 Å². The predicted molar refractivity (Wildman–Crippen MR) is 80.9 cm³/mol. The quantitative estimate of drug-likeness (QED) is 0.870. The average Bonchev–Trinajstić information content (AvgIpc) is 2.67. The highest BCUT2D eigenvalue weighted by Crippen LogP contribution is 2.22. The van der Waals surface area contributed by atoms with Crippen LogP contribution in [0.1, 0.15) is 30.6 Å². The summed E-state index contributed by atoms with van der Waals surface area (Å²) in [6.07, 6.45) is 3.23. The van der Waals surface area contributed by atoms with Gasteiger partial charge in [0.2, 0.25) is 0 Å². The van der Waals surface area contributed by atoms with Gasteiger partial charge in [0, 0.05) is 15.9 Å². The molecule has 2 amide bonds. The first kappa shape index (κ1) is 15.3. The number of amides is 2. The summed E-state index contributed by atoms with van der Waals surface area (Å²) in [5.41, 5.74) is 0. The second-order valence-corrected chi connectivity index (χ2v) is 6.60. The summed E-state index contributed by atoms with van der Waals surface area (Å²) in [6, 6.07) is 0.932. The fraction of sp³-hybridized carbons (Fsp3) is 0.538. The number of carbonyl (C=O) groups is 2. The van der Waals surface area contributed by atoms with Crippen molar-refractivity contribution in [3.05, 3.63) is 20.8 Å². The van der Waals surface area contributed by atoms with Crippen molar-refractivity contribution in [3.8, 4) is 0 Å². The summed E-state index contributed by atoms with van der Waals surface area (Å²) in [7, 11) is 0. The van der Waals surface area contributed by atoms with Crippen molar-refractivity contribution in [2.45, 2.75) is 38.3 Å². The SMILES string of the molecule is O=C(O)C1CCCCCN1C(=O)NCc1sccc1Br. The third-order valence-electron chi connectivity index (χ3n) is 3.39. The Morgan fingerprint density at radius 2 is 2.25 bits per heavy atom. The molecular formula is C13H17BrN2O3S. The number of likely N-dealkylation sites (tertiary alicyclic amines) is 1. The van der Waals surface area contributed by atoms with Crippen molar-refractivity contribution < 1.29 is 14.7 Å². The number of carboxylic acids is 1. The maximum atomic E-state index is 12.2. The van der Waals surface area contributed by atoms with Crippen LogP contribution in [0.2, 0.25) is 0 Å². The zero-order chi connectivity index (χ0) is 14.5. The number of hydrogen-bond acceptors (Lipinski definition) is 3. The minimum absolute atomic E-state index is 0.292. The number of urea groups is 1. The monoisotopic (exact) mass is 360 g/mol. The fourth-order valence-electron chi connectivity index (χ4n) is 2.32. The van der Waals surface area contributed by atoms with Crippen LogP contribution in [0.3, 0.4) is 0 Å². The number of nitrogens with zero attached hydrogens (tertiary/aromatic N) is 1. The van der Waals surface area contributed by atoms with Gasteiger partial charge in [0.1, 0.15) is 6.04 Å². The summed E-state index contributed by atoms with van der Waals surface area (Å²) in [5, 5.41) is 14.0. The van der Waals surface area contributed by atoms with E-state index in [1.807, 2.05) is 11.4 Å². The Morgan fingerprint density at radius 1 is 1.45 bits per heavy atom. The predicted octanol–water partition coefficient (Wildman–Crippen LogP) is 3.05. The molecule has 1 saturated heterocycles. The number of rotatable bonds is 3. The summed E-state index contributed by atoms with van der Waals surface area (Å²) >= 11 is 4.96. The second kappa shape index (κ2) is 7.08. The molecule has 1 aromatic heterocycles. The van der Waals surface area contributed by atoms with Crippen molar-refractivity contribution in [2.24, 2.45) is 0 Å². The standard InChI is InChI=1S/C13H17BrN2O3S/c14-9-5-7-20-11(9)8-15-13(19)16-6-3-1-2-4-10(16)12(17)18/h5,7,10H,1-4,6,8H2,(H,15,19)(H,17,18). The van der Waals surface area contributed by atoms with E-state index < -0.39 is 12.0 Å². The van der Waals surface area contributed by atoms with Gasteiger partial charge >= 0.3 is 12.0 Å². The minimum atomic E-state index is -0.917. The van der Waals surface area contributed by atoms with Crippen molar-refractivity contribution in [1.82, 2.24) is 10.2 Å². The highest BCUT2D eigenvalue weighted by atomic mass is 79.9. The van der Waals surface area contributed by atoms with Crippen molar-refractivity contribution >= 4 is 39.3 Å². The number of carboxylic acid groups (broad SMARTS) is 1. The maximum Gasteiger partial charge on any atom is 0.326 e. The molecule has 2 rings (SSSR count). The molecule has 2 heterocycles. The van der Waals surface area contributed by atoms with Crippen LogP contribution in [0.15, 0.2) is 15.9 Å². The lowest BCUT2D eigenvalue weighted by molar-refractivity contribution is -0.142. The van der Waals surface area contributed by atoms with Gasteiger partial charge in [-0.05, 0) is 40.2 Å². The second-order valence-electron chi connectivity index (χ2n) is 4.75. The smallest absolute Gasteiger partial charge is 0.326 e. The molecule has 0 radical (unpaired) electrons. The van der Waals surface area contributed by atoms with E-state index in [1.54, 1.807) is 11.3 Å². The van der Waals surface area contributed by atoms with E-state index in [9.17, 15) is 14.7 Å². The first-order valence-electron chi connectivity index (χ1n) is 6.58. The number of aliphatic carboxylic acids is 1. The van der Waals surface area contributed by atoms with Gasteiger partial charge in [0.05, 0.1) is 6.54 Å². The van der Waals surface area contributed by atoms with Gasteiger partial charge in [-0.2, -0.15) is 0 Å². The zero-order valence-corrected chi connectivity index (χ0v) is 13.4. The molecule has 7 heteroatoms. The number of halogens is 1. The maximum absolute atomic E-state index is 12.2. The molecule has 110 valence electrons. The van der Waals surface area contributed by atoms with E-state index in [0.717, 1.165) is 28.6 Å². The molecule has 1 aliphatic heterocycles. The summed E-state index contributed by atoms with van der Waals surface area (Å²) in [4.78, 5) is 26.0. The highest BCUT2D eigenvalue weighted by Gasteiger charge is 2.30. The molecule has 0 spiro atoms. The minimum Gasteiger partial charge on any atom is -0.480 e. The number of nitrogens with one attached hydrogen (secondary N) is 1. The number of hydrogen-bond donors (Lipinski definition) is 2. The lowest BCUT2D eigenvalue weighted by Gasteiger charge is -2.27. The summed E-state index contributed by atoms with van der Waals surface area (Å²) < 4.78 is 0.966. The van der Waals surface area contributed by atoms with Crippen LogP contribution >= 0.6 is 27.3 Å². The van der Waals surface area contributed by atoms with Gasteiger partial charge in [0.25, 0.3) is 0 Å². The van der Waals surface area contributed by atoms with E-state index in [2.05, 4.69) is 21.2 Å². The van der Waals surface area contributed by atoms with Crippen molar-refractivity contribution in [2.75, 3.05) is 6.54 Å². The number of thiophene rings is 1. The molecule has 0 aromatic carbocycles. The first-order chi connectivity index (χ1) is 9.59. The van der Waals surface area contributed by atoms with Gasteiger partial charge in [-0.3, -0.25) is 0 Å². The Kier molecular flexibility index (Phi) is 5.42. The lowest BCUT2D eigenvalue weighted by Crippen LogP contribution is -2.49. The van der Waals surface area contributed by atoms with Crippen LogP contribution in [0.5, 0.6) is 0 Å². The molecule has 20 heavy (non-hydrogen) atoms.